The highest BCUT2D eigenvalue weighted by Gasteiger charge is 2.42. The molecule has 2 atom stereocenters. The second kappa shape index (κ2) is 6.14. The summed E-state index contributed by atoms with van der Waals surface area (Å²) in [5.41, 5.74) is 0.804. The topological polar surface area (TPSA) is 23.5 Å². The van der Waals surface area contributed by atoms with Gasteiger partial charge in [-0.05, 0) is 38.4 Å². The highest BCUT2D eigenvalue weighted by molar-refractivity contribution is 5.18. The number of aliphatic hydroxyl groups is 1. The summed E-state index contributed by atoms with van der Waals surface area (Å²) in [6.45, 7) is 2.63. The van der Waals surface area contributed by atoms with E-state index in [-0.39, 0.29) is 18.9 Å². The lowest BCUT2D eigenvalue weighted by Crippen LogP contribution is -2.45. The van der Waals surface area contributed by atoms with Crippen molar-refractivity contribution >= 4 is 0 Å². The fourth-order valence-electron chi connectivity index (χ4n) is 2.76. The molecule has 0 spiro atoms. The van der Waals surface area contributed by atoms with Gasteiger partial charge in [-0.1, -0.05) is 30.3 Å². The molecule has 112 valence electrons. The minimum Gasteiger partial charge on any atom is -0.387 e. The number of hydrogen-bond acceptors (Lipinski definition) is 2. The molecule has 1 aliphatic rings. The number of piperidine rings is 1. The monoisotopic (exact) mass is 287 g/mol. The van der Waals surface area contributed by atoms with Crippen LogP contribution in [0.15, 0.2) is 30.3 Å². The lowest BCUT2D eigenvalue weighted by atomic mass is 9.93. The van der Waals surface area contributed by atoms with Gasteiger partial charge >= 0.3 is 6.18 Å². The largest absolute Gasteiger partial charge is 0.391 e. The van der Waals surface area contributed by atoms with E-state index in [1.807, 2.05) is 42.2 Å². The molecule has 5 heteroatoms. The van der Waals surface area contributed by atoms with Gasteiger partial charge in [0.1, 0.15) is 0 Å². The summed E-state index contributed by atoms with van der Waals surface area (Å²) in [6.07, 6.45) is -4.52. The Bertz CT molecular complexity index is 413. The standard InChI is InChI=1S/C15H20F3NO/c1-11(14(20)12-5-3-2-4-6-12)19-9-7-13(8-10-19)15(16,17)18/h2-6,11,13-14,20H,7-10H2,1H3. The summed E-state index contributed by atoms with van der Waals surface area (Å²) in [5, 5.41) is 10.3. The zero-order valence-corrected chi connectivity index (χ0v) is 11.5. The number of rotatable bonds is 3. The number of nitrogens with zero attached hydrogens (tertiary/aromatic N) is 1. The zero-order valence-electron chi connectivity index (χ0n) is 11.5. The Balaban J connectivity index is 1.93. The Kier molecular flexibility index (Phi) is 4.70. The number of hydrogen-bond donors (Lipinski definition) is 1. The Morgan fingerprint density at radius 3 is 2.20 bits per heavy atom. The van der Waals surface area contributed by atoms with Crippen LogP contribution >= 0.6 is 0 Å². The average molecular weight is 287 g/mol. The number of halogens is 3. The van der Waals surface area contributed by atoms with Gasteiger partial charge in [-0.3, -0.25) is 4.90 Å². The number of benzene rings is 1. The van der Waals surface area contributed by atoms with E-state index in [2.05, 4.69) is 0 Å². The van der Waals surface area contributed by atoms with Crippen LogP contribution in [0.25, 0.3) is 0 Å². The molecule has 1 aromatic rings. The van der Waals surface area contributed by atoms with Crippen LogP contribution in [0.3, 0.4) is 0 Å². The first-order valence-corrected chi connectivity index (χ1v) is 6.93. The fraction of sp³-hybridized carbons (Fsp3) is 0.600. The third-order valence-electron chi connectivity index (χ3n) is 4.17. The third kappa shape index (κ3) is 3.52. The summed E-state index contributed by atoms with van der Waals surface area (Å²) in [6, 6.07) is 9.07. The molecule has 1 heterocycles. The summed E-state index contributed by atoms with van der Waals surface area (Å²) >= 11 is 0. The van der Waals surface area contributed by atoms with Crippen LogP contribution in [0, 0.1) is 5.92 Å². The van der Waals surface area contributed by atoms with Crippen molar-refractivity contribution in [2.45, 2.75) is 38.1 Å². The first-order chi connectivity index (χ1) is 9.39. The van der Waals surface area contributed by atoms with E-state index in [1.54, 1.807) is 0 Å². The Morgan fingerprint density at radius 2 is 1.70 bits per heavy atom. The van der Waals surface area contributed by atoms with E-state index in [0.29, 0.717) is 13.1 Å². The van der Waals surface area contributed by atoms with E-state index in [1.165, 1.54) is 0 Å². The van der Waals surface area contributed by atoms with E-state index < -0.39 is 18.2 Å². The fourth-order valence-corrected chi connectivity index (χ4v) is 2.76. The maximum Gasteiger partial charge on any atom is 0.391 e. The van der Waals surface area contributed by atoms with Crippen LogP contribution in [-0.4, -0.2) is 35.3 Å². The quantitative estimate of drug-likeness (QED) is 0.921. The third-order valence-corrected chi connectivity index (χ3v) is 4.17. The Morgan fingerprint density at radius 1 is 1.15 bits per heavy atom. The van der Waals surface area contributed by atoms with Gasteiger partial charge in [0.05, 0.1) is 12.0 Å². The molecule has 1 fully saturated rings. The van der Waals surface area contributed by atoms with Crippen molar-refractivity contribution in [3.63, 3.8) is 0 Å². The van der Waals surface area contributed by atoms with Gasteiger partial charge < -0.3 is 5.11 Å². The Labute approximate surface area is 117 Å². The van der Waals surface area contributed by atoms with Gasteiger partial charge in [0.25, 0.3) is 0 Å². The van der Waals surface area contributed by atoms with Gasteiger partial charge in [0.15, 0.2) is 0 Å². The van der Waals surface area contributed by atoms with Crippen LogP contribution in [0.4, 0.5) is 13.2 Å². The molecule has 20 heavy (non-hydrogen) atoms. The van der Waals surface area contributed by atoms with Gasteiger partial charge in [-0.25, -0.2) is 0 Å². The molecule has 1 N–H and O–H groups in total. The molecule has 2 nitrogen and oxygen atoms in total. The number of aliphatic hydroxyl groups excluding tert-OH is 1. The first kappa shape index (κ1) is 15.3. The van der Waals surface area contributed by atoms with Crippen LogP contribution in [0.2, 0.25) is 0 Å². The molecular weight excluding hydrogens is 267 g/mol. The normalized spacial score (nSPS) is 21.6. The molecule has 0 aliphatic carbocycles. The van der Waals surface area contributed by atoms with Gasteiger partial charge in [-0.15, -0.1) is 0 Å². The Hall–Kier alpha value is -1.07. The highest BCUT2D eigenvalue weighted by Crippen LogP contribution is 2.35. The summed E-state index contributed by atoms with van der Waals surface area (Å²) in [4.78, 5) is 1.94. The average Bonchev–Trinajstić information content (AvgIpc) is 2.46. The van der Waals surface area contributed by atoms with Crippen molar-refractivity contribution in [2.75, 3.05) is 13.1 Å². The van der Waals surface area contributed by atoms with Gasteiger partial charge in [-0.2, -0.15) is 13.2 Å². The molecule has 0 radical (unpaired) electrons. The second-order valence-corrected chi connectivity index (χ2v) is 5.45. The maximum atomic E-state index is 12.6. The lowest BCUT2D eigenvalue weighted by molar-refractivity contribution is -0.186. The maximum absolute atomic E-state index is 12.6. The molecule has 0 saturated carbocycles. The van der Waals surface area contributed by atoms with E-state index in [9.17, 15) is 18.3 Å². The van der Waals surface area contributed by atoms with E-state index >= 15 is 0 Å². The SMILES string of the molecule is CC(C(O)c1ccccc1)N1CCC(C(F)(F)F)CC1. The predicted octanol–water partition coefficient (Wildman–Crippen LogP) is 3.38. The van der Waals surface area contributed by atoms with Crippen molar-refractivity contribution in [3.05, 3.63) is 35.9 Å². The lowest BCUT2D eigenvalue weighted by Gasteiger charge is -2.38. The van der Waals surface area contributed by atoms with Gasteiger partial charge in [0.2, 0.25) is 0 Å². The molecule has 0 bridgehead atoms. The summed E-state index contributed by atoms with van der Waals surface area (Å²) in [7, 11) is 0. The van der Waals surface area contributed by atoms with Gasteiger partial charge in [0, 0.05) is 6.04 Å². The summed E-state index contributed by atoms with van der Waals surface area (Å²) in [5.74, 6) is -1.19. The van der Waals surface area contributed by atoms with Crippen LogP contribution in [-0.2, 0) is 0 Å². The van der Waals surface area contributed by atoms with Crippen molar-refractivity contribution < 1.29 is 18.3 Å². The minimum absolute atomic E-state index is 0.120. The molecule has 1 aliphatic heterocycles. The van der Waals surface area contributed by atoms with Crippen molar-refractivity contribution in [2.24, 2.45) is 5.92 Å². The van der Waals surface area contributed by atoms with Crippen LogP contribution < -0.4 is 0 Å². The molecule has 2 unspecified atom stereocenters. The highest BCUT2D eigenvalue weighted by atomic mass is 19.4. The van der Waals surface area contributed by atoms with Crippen LogP contribution in [0.5, 0.6) is 0 Å². The molecule has 0 aromatic heterocycles. The smallest absolute Gasteiger partial charge is 0.387 e. The summed E-state index contributed by atoms with van der Waals surface area (Å²) < 4.78 is 37.9. The molecule has 2 rings (SSSR count). The minimum atomic E-state index is -4.09. The van der Waals surface area contributed by atoms with E-state index in [0.717, 1.165) is 5.56 Å². The second-order valence-electron chi connectivity index (χ2n) is 5.45. The van der Waals surface area contributed by atoms with Crippen molar-refractivity contribution in [1.29, 1.82) is 0 Å². The molecule has 1 saturated heterocycles. The van der Waals surface area contributed by atoms with Crippen molar-refractivity contribution in [1.82, 2.24) is 4.90 Å². The number of likely N-dealkylation sites (tertiary alicyclic amines) is 1. The predicted molar refractivity (Wildman–Crippen MR) is 71.2 cm³/mol. The molecule has 0 amide bonds. The first-order valence-electron chi connectivity index (χ1n) is 6.93. The zero-order chi connectivity index (χ0) is 14.8. The number of alkyl halides is 3. The van der Waals surface area contributed by atoms with Crippen molar-refractivity contribution in [3.8, 4) is 0 Å². The van der Waals surface area contributed by atoms with Crippen LogP contribution in [0.1, 0.15) is 31.4 Å². The molecular formula is C15H20F3NO. The molecule has 1 aromatic carbocycles. The van der Waals surface area contributed by atoms with E-state index in [4.69, 9.17) is 0 Å².